The number of hydrogen-bond acceptors (Lipinski definition) is 8. The van der Waals surface area contributed by atoms with Crippen LogP contribution >= 0.6 is 0 Å². The second-order valence-corrected chi connectivity index (χ2v) is 12.4. The molecule has 1 aliphatic heterocycles. The summed E-state index contributed by atoms with van der Waals surface area (Å²) in [6, 6.07) is 15.5. The highest BCUT2D eigenvalue weighted by molar-refractivity contribution is 7.89. The maximum absolute atomic E-state index is 13.5. The zero-order valence-corrected chi connectivity index (χ0v) is 23.7. The van der Waals surface area contributed by atoms with Gasteiger partial charge in [-0.05, 0) is 68.8 Å². The molecule has 0 atom stereocenters. The number of nitrogens with zero attached hydrogens (tertiary/aromatic N) is 5. The van der Waals surface area contributed by atoms with Crippen LogP contribution in [0.5, 0.6) is 5.88 Å². The first-order chi connectivity index (χ1) is 18.5. The number of rotatable bonds is 6. The summed E-state index contributed by atoms with van der Waals surface area (Å²) in [4.78, 5) is 11.2. The van der Waals surface area contributed by atoms with Crippen molar-refractivity contribution >= 4 is 32.7 Å². The Morgan fingerprint density at radius 1 is 1.00 bits per heavy atom. The van der Waals surface area contributed by atoms with Gasteiger partial charge in [-0.25, -0.2) is 18.4 Å². The lowest BCUT2D eigenvalue weighted by atomic mass is 10.1. The van der Waals surface area contributed by atoms with Gasteiger partial charge < -0.3 is 20.1 Å². The van der Waals surface area contributed by atoms with E-state index in [2.05, 4.69) is 27.0 Å². The van der Waals surface area contributed by atoms with Gasteiger partial charge >= 0.3 is 0 Å². The fraction of sp³-hybridized carbons (Fsp3) is 0.357. The van der Waals surface area contributed by atoms with E-state index in [9.17, 15) is 8.42 Å². The fourth-order valence-electron chi connectivity index (χ4n) is 4.61. The molecule has 1 aliphatic rings. The van der Waals surface area contributed by atoms with Crippen molar-refractivity contribution < 1.29 is 17.9 Å². The second-order valence-electron chi connectivity index (χ2n) is 10.5. The molecule has 3 heterocycles. The van der Waals surface area contributed by atoms with Crippen molar-refractivity contribution in [1.29, 1.82) is 0 Å². The number of sulfonamides is 1. The van der Waals surface area contributed by atoms with Crippen LogP contribution in [0, 0.1) is 0 Å². The average molecular weight is 551 g/mol. The van der Waals surface area contributed by atoms with Crippen LogP contribution in [-0.2, 0) is 14.8 Å². The molecule has 39 heavy (non-hydrogen) atoms. The van der Waals surface area contributed by atoms with Crippen molar-refractivity contribution in [1.82, 2.24) is 18.8 Å². The van der Waals surface area contributed by atoms with Gasteiger partial charge in [0.15, 0.2) is 0 Å². The van der Waals surface area contributed by atoms with Crippen LogP contribution in [0.1, 0.15) is 20.8 Å². The van der Waals surface area contributed by atoms with Crippen LogP contribution < -0.4 is 15.4 Å². The van der Waals surface area contributed by atoms with Crippen molar-refractivity contribution in [3.05, 3.63) is 54.7 Å². The molecule has 0 spiro atoms. The Labute approximate surface area is 229 Å². The van der Waals surface area contributed by atoms with Crippen LogP contribution in [0.15, 0.2) is 59.6 Å². The summed E-state index contributed by atoms with van der Waals surface area (Å²) in [6.07, 6.45) is 1.61. The molecule has 0 bridgehead atoms. The van der Waals surface area contributed by atoms with Crippen LogP contribution in [0.4, 0.5) is 11.6 Å². The zero-order chi connectivity index (χ0) is 27.9. The van der Waals surface area contributed by atoms with Crippen molar-refractivity contribution in [2.24, 2.45) is 0 Å². The Morgan fingerprint density at radius 2 is 1.67 bits per heavy atom. The molecule has 11 heteroatoms. The molecule has 0 amide bonds. The van der Waals surface area contributed by atoms with Gasteiger partial charge in [0, 0.05) is 48.8 Å². The highest BCUT2D eigenvalue weighted by Gasteiger charge is 2.33. The summed E-state index contributed by atoms with van der Waals surface area (Å²) in [5.41, 5.74) is 10.7. The maximum Gasteiger partial charge on any atom is 0.248 e. The van der Waals surface area contributed by atoms with E-state index in [4.69, 9.17) is 15.2 Å². The van der Waals surface area contributed by atoms with Gasteiger partial charge in [-0.3, -0.25) is 4.57 Å². The third-order valence-corrected chi connectivity index (χ3v) is 9.21. The minimum atomic E-state index is -3.88. The van der Waals surface area contributed by atoms with E-state index in [0.717, 1.165) is 54.3 Å². The molecule has 0 unspecified atom stereocenters. The Hall–Kier alpha value is -3.67. The molecule has 10 nitrogen and oxygen atoms in total. The molecule has 2 aromatic carbocycles. The molecule has 1 saturated heterocycles. The van der Waals surface area contributed by atoms with E-state index >= 15 is 0 Å². The average Bonchev–Trinajstić information content (AvgIpc) is 3.27. The van der Waals surface area contributed by atoms with E-state index in [-0.39, 0.29) is 10.8 Å². The Balaban J connectivity index is 1.56. The molecule has 2 aromatic heterocycles. The number of morpholine rings is 1. The van der Waals surface area contributed by atoms with Gasteiger partial charge in [-0.15, -0.1) is 0 Å². The summed E-state index contributed by atoms with van der Waals surface area (Å²) in [5, 5.41) is 0. The number of anilines is 2. The monoisotopic (exact) mass is 550 g/mol. The molecular formula is C28H34N6O4S. The summed E-state index contributed by atoms with van der Waals surface area (Å²) in [6.45, 7) is 8.67. The topological polar surface area (TPSA) is 116 Å². The Bertz CT molecular complexity index is 1600. The Morgan fingerprint density at radius 3 is 2.31 bits per heavy atom. The summed E-state index contributed by atoms with van der Waals surface area (Å²) in [5.74, 6) is 0.412. The minimum Gasteiger partial charge on any atom is -0.480 e. The number of aromatic nitrogens is 3. The lowest BCUT2D eigenvalue weighted by molar-refractivity contribution is 0.122. The molecule has 0 aliphatic carbocycles. The van der Waals surface area contributed by atoms with Crippen molar-refractivity contribution in [3.63, 3.8) is 0 Å². The SMILES string of the molecule is COc1ncc(-c2ccc3nc(N)n(-c4ccc(N5CCOCC5)cc4)c3c2)cc1S(=O)(=O)N(C)C(C)(C)C. The lowest BCUT2D eigenvalue weighted by Gasteiger charge is -2.31. The molecule has 4 aromatic rings. The molecule has 0 saturated carbocycles. The normalized spacial score (nSPS) is 14.8. The highest BCUT2D eigenvalue weighted by Crippen LogP contribution is 2.34. The van der Waals surface area contributed by atoms with E-state index in [1.807, 2.05) is 55.7 Å². The molecule has 5 rings (SSSR count). The summed E-state index contributed by atoms with van der Waals surface area (Å²) < 4.78 is 41.0. The quantitative estimate of drug-likeness (QED) is 0.384. The van der Waals surface area contributed by atoms with E-state index in [1.165, 1.54) is 11.4 Å². The van der Waals surface area contributed by atoms with E-state index < -0.39 is 15.6 Å². The van der Waals surface area contributed by atoms with Crippen molar-refractivity contribution in [2.75, 3.05) is 51.1 Å². The smallest absolute Gasteiger partial charge is 0.248 e. The van der Waals surface area contributed by atoms with Crippen molar-refractivity contribution in [2.45, 2.75) is 31.2 Å². The van der Waals surface area contributed by atoms with Gasteiger partial charge in [0.1, 0.15) is 4.90 Å². The van der Waals surface area contributed by atoms with Crippen LogP contribution in [0.25, 0.3) is 27.8 Å². The molecular weight excluding hydrogens is 516 g/mol. The summed E-state index contributed by atoms with van der Waals surface area (Å²) in [7, 11) is -0.909. The number of benzene rings is 2. The molecule has 0 radical (unpaired) electrons. The van der Waals surface area contributed by atoms with Gasteiger partial charge in [-0.2, -0.15) is 4.31 Å². The fourth-order valence-corrected chi connectivity index (χ4v) is 6.26. The molecule has 206 valence electrons. The van der Waals surface area contributed by atoms with E-state index in [1.54, 1.807) is 19.3 Å². The van der Waals surface area contributed by atoms with Crippen molar-refractivity contribution in [3.8, 4) is 22.7 Å². The van der Waals surface area contributed by atoms with Crippen LogP contribution in [0.2, 0.25) is 0 Å². The molecule has 2 N–H and O–H groups in total. The number of methoxy groups -OCH3 is 1. The van der Waals surface area contributed by atoms with Crippen LogP contribution in [0.3, 0.4) is 0 Å². The third kappa shape index (κ3) is 5.05. The standard InChI is InChI=1S/C28H34N6O4S/c1-28(2,3)32(4)39(35,36)25-17-20(18-30-26(25)37-5)19-6-11-23-24(16-19)34(27(29)31-23)22-9-7-21(8-10-22)33-12-14-38-15-13-33/h6-11,16-18H,12-15H2,1-5H3,(H2,29,31). The van der Waals surface area contributed by atoms with E-state index in [0.29, 0.717) is 11.5 Å². The molecule has 1 fully saturated rings. The van der Waals surface area contributed by atoms with Gasteiger partial charge in [0.25, 0.3) is 0 Å². The second kappa shape index (κ2) is 10.1. The predicted molar refractivity (Wildman–Crippen MR) is 153 cm³/mol. The first-order valence-corrected chi connectivity index (χ1v) is 14.2. The van der Waals surface area contributed by atoms with Gasteiger partial charge in [-0.1, -0.05) is 6.07 Å². The number of pyridine rings is 1. The number of fused-ring (bicyclic) bond motifs is 1. The first kappa shape index (κ1) is 26.9. The minimum absolute atomic E-state index is 0.00625. The zero-order valence-electron chi connectivity index (χ0n) is 22.9. The summed E-state index contributed by atoms with van der Waals surface area (Å²) >= 11 is 0. The lowest BCUT2D eigenvalue weighted by Crippen LogP contribution is -2.42. The number of imidazole rings is 1. The first-order valence-electron chi connectivity index (χ1n) is 12.8. The van der Waals surface area contributed by atoms with Gasteiger partial charge in [0.2, 0.25) is 21.9 Å². The largest absolute Gasteiger partial charge is 0.480 e. The highest BCUT2D eigenvalue weighted by atomic mass is 32.2. The van der Waals surface area contributed by atoms with Gasteiger partial charge in [0.05, 0.1) is 31.4 Å². The number of ether oxygens (including phenoxy) is 2. The van der Waals surface area contributed by atoms with Crippen LogP contribution in [-0.4, -0.2) is 73.3 Å². The third-order valence-electron chi connectivity index (χ3n) is 7.09. The maximum atomic E-state index is 13.5. The Kier molecular flexibility index (Phi) is 7.00. The number of nitrogen functional groups attached to an aromatic ring is 1. The number of nitrogens with two attached hydrogens (primary N) is 1. The predicted octanol–water partition coefficient (Wildman–Crippen LogP) is 3.93. The number of hydrogen-bond donors (Lipinski definition) is 1.